The summed E-state index contributed by atoms with van der Waals surface area (Å²) in [6.45, 7) is 2.20. The van der Waals surface area contributed by atoms with Gasteiger partial charge in [0.05, 0.1) is 12.2 Å². The average Bonchev–Trinajstić information content (AvgIpc) is 2.01. The van der Waals surface area contributed by atoms with Crippen LogP contribution in [0.4, 0.5) is 4.79 Å². The van der Waals surface area contributed by atoms with Gasteiger partial charge in [-0.15, -0.1) is 0 Å². The molecule has 0 fully saturated rings. The lowest BCUT2D eigenvalue weighted by atomic mass is 10.3. The number of nitrogens with zero attached hydrogens (tertiary/aromatic N) is 2. The molecule has 0 atom stereocenters. The fourth-order valence-electron chi connectivity index (χ4n) is 0.784. The fourth-order valence-corrected chi connectivity index (χ4v) is 0.784. The summed E-state index contributed by atoms with van der Waals surface area (Å²) in [6, 6.07) is 1.24. The van der Waals surface area contributed by atoms with E-state index in [2.05, 4.69) is 15.3 Å². The Morgan fingerprint density at radius 3 is 3.00 bits per heavy atom. The number of nitrogens with two attached hydrogens (primary N) is 1. The maximum atomic E-state index is 10.3. The summed E-state index contributed by atoms with van der Waals surface area (Å²) < 4.78 is 0. The molecule has 1 aromatic heterocycles. The van der Waals surface area contributed by atoms with Crippen molar-refractivity contribution in [3.8, 4) is 0 Å². The van der Waals surface area contributed by atoms with Gasteiger partial charge in [0.1, 0.15) is 6.33 Å². The number of primary amides is 1. The largest absolute Gasteiger partial charge is 0.352 e. The number of hydrogen-bond acceptors (Lipinski definition) is 3. The highest BCUT2D eigenvalue weighted by atomic mass is 16.2. The highest BCUT2D eigenvalue weighted by Crippen LogP contribution is 1.94. The van der Waals surface area contributed by atoms with Crippen LogP contribution in [0.5, 0.6) is 0 Å². The van der Waals surface area contributed by atoms with E-state index in [1.54, 1.807) is 6.07 Å². The first-order valence-corrected chi connectivity index (χ1v) is 3.49. The Hall–Kier alpha value is -1.65. The van der Waals surface area contributed by atoms with Crippen molar-refractivity contribution in [2.75, 3.05) is 0 Å². The van der Waals surface area contributed by atoms with Crippen molar-refractivity contribution in [2.24, 2.45) is 5.73 Å². The van der Waals surface area contributed by atoms with Crippen LogP contribution < -0.4 is 11.1 Å². The summed E-state index contributed by atoms with van der Waals surface area (Å²) in [5, 5.41) is 2.44. The smallest absolute Gasteiger partial charge is 0.312 e. The van der Waals surface area contributed by atoms with Gasteiger partial charge in [0.2, 0.25) is 0 Å². The summed E-state index contributed by atoms with van der Waals surface area (Å²) in [7, 11) is 0. The van der Waals surface area contributed by atoms with E-state index in [1.165, 1.54) is 6.33 Å². The first-order valence-electron chi connectivity index (χ1n) is 3.49. The lowest BCUT2D eigenvalue weighted by Gasteiger charge is -2.00. The molecule has 0 aliphatic heterocycles. The van der Waals surface area contributed by atoms with E-state index in [-0.39, 0.29) is 0 Å². The Labute approximate surface area is 70.0 Å². The lowest BCUT2D eigenvalue weighted by molar-refractivity contribution is 0.248. The number of aryl methyl sites for hydroxylation is 1. The molecule has 0 aromatic carbocycles. The van der Waals surface area contributed by atoms with Crippen LogP contribution in [0.2, 0.25) is 0 Å². The number of aromatic nitrogens is 2. The van der Waals surface area contributed by atoms with Gasteiger partial charge in [0.15, 0.2) is 0 Å². The average molecular weight is 166 g/mol. The van der Waals surface area contributed by atoms with Gasteiger partial charge < -0.3 is 11.1 Å². The second kappa shape index (κ2) is 3.66. The molecule has 5 heteroatoms. The van der Waals surface area contributed by atoms with Gasteiger partial charge in [-0.25, -0.2) is 14.8 Å². The maximum Gasteiger partial charge on any atom is 0.312 e. The van der Waals surface area contributed by atoms with Crippen LogP contribution in [-0.4, -0.2) is 16.0 Å². The molecule has 1 aromatic rings. The van der Waals surface area contributed by atoms with Crippen LogP contribution in [0.3, 0.4) is 0 Å². The summed E-state index contributed by atoms with van der Waals surface area (Å²) in [5.41, 5.74) is 6.50. The van der Waals surface area contributed by atoms with Gasteiger partial charge in [-0.1, -0.05) is 0 Å². The SMILES string of the molecule is Cc1cc(CNC(N)=O)ncn1. The first-order chi connectivity index (χ1) is 5.68. The molecule has 0 radical (unpaired) electrons. The molecule has 0 saturated carbocycles. The number of carbonyl (C=O) groups is 1. The number of nitrogens with one attached hydrogen (secondary N) is 1. The zero-order valence-corrected chi connectivity index (χ0v) is 6.74. The van der Waals surface area contributed by atoms with Crippen LogP contribution in [0.25, 0.3) is 0 Å². The van der Waals surface area contributed by atoms with E-state index < -0.39 is 6.03 Å². The maximum absolute atomic E-state index is 10.3. The van der Waals surface area contributed by atoms with Crippen molar-refractivity contribution < 1.29 is 4.79 Å². The second-order valence-electron chi connectivity index (χ2n) is 2.37. The lowest BCUT2D eigenvalue weighted by Crippen LogP contribution is -2.29. The van der Waals surface area contributed by atoms with Gasteiger partial charge in [-0.3, -0.25) is 0 Å². The van der Waals surface area contributed by atoms with Gasteiger partial charge in [0.25, 0.3) is 0 Å². The molecule has 0 aliphatic rings. The van der Waals surface area contributed by atoms with Gasteiger partial charge in [-0.05, 0) is 13.0 Å². The first kappa shape index (κ1) is 8.45. The summed E-state index contributed by atoms with van der Waals surface area (Å²) >= 11 is 0. The molecular formula is C7H10N4O. The normalized spacial score (nSPS) is 9.42. The van der Waals surface area contributed by atoms with E-state index in [1.807, 2.05) is 6.92 Å². The van der Waals surface area contributed by atoms with Crippen molar-refractivity contribution in [3.05, 3.63) is 23.8 Å². The summed E-state index contributed by atoms with van der Waals surface area (Å²) in [4.78, 5) is 18.2. The fraction of sp³-hybridized carbons (Fsp3) is 0.286. The standard InChI is InChI=1S/C7H10N4O/c1-5-2-6(11-4-10-5)3-9-7(8)12/h2,4H,3H2,1H3,(H3,8,9,12). The minimum Gasteiger partial charge on any atom is -0.352 e. The number of amides is 2. The van der Waals surface area contributed by atoms with Crippen LogP contribution in [0.1, 0.15) is 11.4 Å². The Kier molecular flexibility index (Phi) is 2.57. The quantitative estimate of drug-likeness (QED) is 0.646. The number of hydrogen-bond donors (Lipinski definition) is 2. The van der Waals surface area contributed by atoms with Crippen molar-refractivity contribution in [1.82, 2.24) is 15.3 Å². The minimum absolute atomic E-state index is 0.346. The zero-order chi connectivity index (χ0) is 8.97. The van der Waals surface area contributed by atoms with Crippen LogP contribution in [0.15, 0.2) is 12.4 Å². The predicted octanol–water partition coefficient (Wildman–Crippen LogP) is -0.0467. The zero-order valence-electron chi connectivity index (χ0n) is 6.74. The molecular weight excluding hydrogens is 156 g/mol. The Bertz CT molecular complexity index is 286. The van der Waals surface area contributed by atoms with Crippen LogP contribution in [-0.2, 0) is 6.54 Å². The van der Waals surface area contributed by atoms with Crippen LogP contribution >= 0.6 is 0 Å². The van der Waals surface area contributed by atoms with Crippen molar-refractivity contribution in [1.29, 1.82) is 0 Å². The third kappa shape index (κ3) is 2.53. The van der Waals surface area contributed by atoms with Gasteiger partial charge in [-0.2, -0.15) is 0 Å². The molecule has 0 aliphatic carbocycles. The number of rotatable bonds is 2. The molecule has 64 valence electrons. The number of urea groups is 1. The van der Waals surface area contributed by atoms with Crippen molar-refractivity contribution in [3.63, 3.8) is 0 Å². The molecule has 12 heavy (non-hydrogen) atoms. The van der Waals surface area contributed by atoms with Gasteiger partial charge in [0, 0.05) is 5.69 Å². The van der Waals surface area contributed by atoms with E-state index in [4.69, 9.17) is 5.73 Å². The topological polar surface area (TPSA) is 80.9 Å². The van der Waals surface area contributed by atoms with Crippen molar-refractivity contribution >= 4 is 6.03 Å². The third-order valence-electron chi connectivity index (χ3n) is 1.30. The predicted molar refractivity (Wildman–Crippen MR) is 43.2 cm³/mol. The summed E-state index contributed by atoms with van der Waals surface area (Å²) in [6.07, 6.45) is 1.45. The molecule has 0 bridgehead atoms. The Balaban J connectivity index is 2.57. The summed E-state index contributed by atoms with van der Waals surface area (Å²) in [5.74, 6) is 0. The molecule has 0 saturated heterocycles. The van der Waals surface area contributed by atoms with E-state index in [0.717, 1.165) is 11.4 Å². The highest BCUT2D eigenvalue weighted by Gasteiger charge is 1.96. The molecule has 3 N–H and O–H groups in total. The molecule has 5 nitrogen and oxygen atoms in total. The van der Waals surface area contributed by atoms with Crippen LogP contribution in [0, 0.1) is 6.92 Å². The molecule has 0 unspecified atom stereocenters. The number of carbonyl (C=O) groups excluding carboxylic acids is 1. The Morgan fingerprint density at radius 1 is 1.67 bits per heavy atom. The van der Waals surface area contributed by atoms with E-state index >= 15 is 0 Å². The Morgan fingerprint density at radius 2 is 2.42 bits per heavy atom. The van der Waals surface area contributed by atoms with Crippen molar-refractivity contribution in [2.45, 2.75) is 13.5 Å². The molecule has 2 amide bonds. The highest BCUT2D eigenvalue weighted by molar-refractivity contribution is 5.71. The third-order valence-corrected chi connectivity index (χ3v) is 1.30. The van der Waals surface area contributed by atoms with Gasteiger partial charge >= 0.3 is 6.03 Å². The van der Waals surface area contributed by atoms with E-state index in [0.29, 0.717) is 6.54 Å². The molecule has 1 heterocycles. The van der Waals surface area contributed by atoms with E-state index in [9.17, 15) is 4.79 Å². The minimum atomic E-state index is -0.550. The monoisotopic (exact) mass is 166 g/mol. The second-order valence-corrected chi connectivity index (χ2v) is 2.37. The molecule has 0 spiro atoms. The molecule has 1 rings (SSSR count).